The quantitative estimate of drug-likeness (QED) is 0.0617. The molecule has 0 saturated carbocycles. The van der Waals surface area contributed by atoms with Gasteiger partial charge in [-0.25, -0.2) is 4.79 Å². The predicted molar refractivity (Wildman–Crippen MR) is 156 cm³/mol. The molecule has 0 rings (SSSR count). The van der Waals surface area contributed by atoms with Crippen molar-refractivity contribution in [3.63, 3.8) is 0 Å². The highest BCUT2D eigenvalue weighted by Crippen LogP contribution is 1.87. The van der Waals surface area contributed by atoms with Crippen molar-refractivity contribution in [2.45, 2.75) is 6.92 Å². The van der Waals surface area contributed by atoms with Gasteiger partial charge in [-0.05, 0) is 6.92 Å². The van der Waals surface area contributed by atoms with Crippen LogP contribution in [0.3, 0.4) is 0 Å². The summed E-state index contributed by atoms with van der Waals surface area (Å²) in [6, 6.07) is 0. The average molecular weight is 633 g/mol. The Kier molecular flexibility index (Phi) is 41.5. The second-order valence-corrected chi connectivity index (χ2v) is 8.27. The first-order valence-electron chi connectivity index (χ1n) is 14.5. The molecular weight excluding hydrogens is 576 g/mol. The summed E-state index contributed by atoms with van der Waals surface area (Å²) in [5.41, 5.74) is 0.176. The molecule has 0 amide bonds. The van der Waals surface area contributed by atoms with Crippen LogP contribution in [0.2, 0.25) is 0 Å². The normalized spacial score (nSPS) is 11.0. The maximum absolute atomic E-state index is 9.60. The summed E-state index contributed by atoms with van der Waals surface area (Å²) in [6.45, 7) is 15.3. The van der Waals surface area contributed by atoms with E-state index in [1.165, 1.54) is 6.92 Å². The standard InChI is InChI=1S/C24H50O13.C4H6O2/c25-1-3-27-5-7-29-9-11-31-13-15-33-17-19-35-21-23-37-24-22-36-20-18-34-16-14-32-12-10-30-8-6-28-4-2-26;1-3(2)4(5)6/h25-26H,1-24H2;1H2,2H3,(H,5,6). The Labute approximate surface area is 256 Å². The van der Waals surface area contributed by atoms with Gasteiger partial charge < -0.3 is 67.4 Å². The molecule has 43 heavy (non-hydrogen) atoms. The summed E-state index contributed by atoms with van der Waals surface area (Å²) in [4.78, 5) is 9.60. The van der Waals surface area contributed by atoms with Gasteiger partial charge in [-0.3, -0.25) is 0 Å². The van der Waals surface area contributed by atoms with Crippen LogP contribution in [0.15, 0.2) is 12.2 Å². The minimum atomic E-state index is -0.935. The molecule has 0 saturated heterocycles. The monoisotopic (exact) mass is 632 g/mol. The lowest BCUT2D eigenvalue weighted by Crippen LogP contribution is -2.15. The van der Waals surface area contributed by atoms with Crippen molar-refractivity contribution < 1.29 is 72.2 Å². The van der Waals surface area contributed by atoms with E-state index in [1.54, 1.807) is 0 Å². The number of carbonyl (C=O) groups is 1. The average Bonchev–Trinajstić information content (AvgIpc) is 2.99. The third-order valence-electron chi connectivity index (χ3n) is 4.56. The second kappa shape index (κ2) is 40.7. The van der Waals surface area contributed by atoms with Crippen molar-refractivity contribution in [2.75, 3.05) is 159 Å². The molecular formula is C28H56O15. The van der Waals surface area contributed by atoms with Crippen molar-refractivity contribution in [1.29, 1.82) is 0 Å². The number of rotatable bonds is 35. The van der Waals surface area contributed by atoms with Gasteiger partial charge >= 0.3 is 5.97 Å². The molecule has 0 heterocycles. The summed E-state index contributed by atoms with van der Waals surface area (Å²) < 4.78 is 58.7. The van der Waals surface area contributed by atoms with Crippen molar-refractivity contribution >= 4 is 5.97 Å². The first-order chi connectivity index (χ1) is 21.1. The zero-order chi connectivity index (χ0) is 31.9. The fourth-order valence-corrected chi connectivity index (χ4v) is 2.43. The molecule has 0 aliphatic heterocycles. The van der Waals surface area contributed by atoms with Crippen LogP contribution in [0.4, 0.5) is 0 Å². The van der Waals surface area contributed by atoms with E-state index in [2.05, 4.69) is 6.58 Å². The molecule has 3 N–H and O–H groups in total. The van der Waals surface area contributed by atoms with Gasteiger partial charge in [0.1, 0.15) is 0 Å². The van der Waals surface area contributed by atoms with Crippen molar-refractivity contribution in [3.8, 4) is 0 Å². The molecule has 0 atom stereocenters. The highest BCUT2D eigenvalue weighted by molar-refractivity contribution is 5.84. The van der Waals surface area contributed by atoms with Crippen molar-refractivity contribution in [3.05, 3.63) is 12.2 Å². The zero-order valence-corrected chi connectivity index (χ0v) is 25.9. The third-order valence-corrected chi connectivity index (χ3v) is 4.56. The lowest BCUT2D eigenvalue weighted by atomic mass is 10.4. The molecule has 0 bridgehead atoms. The minimum Gasteiger partial charge on any atom is -0.478 e. The van der Waals surface area contributed by atoms with E-state index in [0.717, 1.165) is 0 Å². The number of aliphatic carboxylic acids is 1. The topological polar surface area (TPSA) is 179 Å². The largest absolute Gasteiger partial charge is 0.478 e. The highest BCUT2D eigenvalue weighted by Gasteiger charge is 1.96. The van der Waals surface area contributed by atoms with Gasteiger partial charge in [0.05, 0.1) is 159 Å². The number of carboxylic acids is 1. The molecule has 0 aromatic heterocycles. The number of hydrogen-bond acceptors (Lipinski definition) is 14. The van der Waals surface area contributed by atoms with Crippen molar-refractivity contribution in [1.82, 2.24) is 0 Å². The first-order valence-corrected chi connectivity index (χ1v) is 14.5. The molecule has 0 aromatic carbocycles. The van der Waals surface area contributed by atoms with Crippen LogP contribution >= 0.6 is 0 Å². The molecule has 15 nitrogen and oxygen atoms in total. The number of hydrogen-bond donors (Lipinski definition) is 3. The summed E-state index contributed by atoms with van der Waals surface area (Å²) in [5, 5.41) is 25.0. The molecule has 15 heteroatoms. The Morgan fingerprint density at radius 3 is 0.605 bits per heavy atom. The SMILES string of the molecule is C=C(C)C(=O)O.OCCOCCOCCOCCOCCOCCOCCOCCOCCOCCOCCOCCO. The van der Waals surface area contributed by atoms with E-state index in [1.807, 2.05) is 0 Å². The molecule has 258 valence electrons. The molecule has 0 spiro atoms. The first kappa shape index (κ1) is 43.8. The lowest BCUT2D eigenvalue weighted by molar-refractivity contribution is -0.132. The maximum Gasteiger partial charge on any atom is 0.330 e. The fraction of sp³-hybridized carbons (Fsp3) is 0.893. The Balaban J connectivity index is 0. The molecule has 0 aliphatic rings. The van der Waals surface area contributed by atoms with Crippen LogP contribution in [0.5, 0.6) is 0 Å². The molecule has 0 unspecified atom stereocenters. The summed E-state index contributed by atoms with van der Waals surface area (Å²) in [6.07, 6.45) is 0. The summed E-state index contributed by atoms with van der Waals surface area (Å²) >= 11 is 0. The van der Waals surface area contributed by atoms with Crippen LogP contribution in [0.1, 0.15) is 6.92 Å². The number of carboxylic acid groups (broad SMARTS) is 1. The van der Waals surface area contributed by atoms with Crippen LogP contribution < -0.4 is 0 Å². The minimum absolute atomic E-state index is 0.0253. The van der Waals surface area contributed by atoms with E-state index in [4.69, 9.17) is 67.4 Å². The van der Waals surface area contributed by atoms with Crippen LogP contribution in [0, 0.1) is 0 Å². The van der Waals surface area contributed by atoms with Crippen LogP contribution in [-0.2, 0) is 56.9 Å². The predicted octanol–water partition coefficient (Wildman–Crippen LogP) is -0.199. The molecule has 0 aliphatic carbocycles. The maximum atomic E-state index is 9.60. The fourth-order valence-electron chi connectivity index (χ4n) is 2.43. The lowest BCUT2D eigenvalue weighted by Gasteiger charge is -2.09. The third kappa shape index (κ3) is 45.2. The van der Waals surface area contributed by atoms with Crippen molar-refractivity contribution in [2.24, 2.45) is 0 Å². The van der Waals surface area contributed by atoms with Gasteiger partial charge in [0, 0.05) is 5.57 Å². The van der Waals surface area contributed by atoms with Crippen LogP contribution in [-0.4, -0.2) is 180 Å². The highest BCUT2D eigenvalue weighted by atomic mass is 16.6. The van der Waals surface area contributed by atoms with Gasteiger partial charge in [-0.15, -0.1) is 0 Å². The number of aliphatic hydroxyl groups excluding tert-OH is 2. The smallest absolute Gasteiger partial charge is 0.330 e. The van der Waals surface area contributed by atoms with Crippen LogP contribution in [0.25, 0.3) is 0 Å². The molecule has 0 aromatic rings. The van der Waals surface area contributed by atoms with Gasteiger partial charge in [0.25, 0.3) is 0 Å². The zero-order valence-electron chi connectivity index (χ0n) is 25.9. The van der Waals surface area contributed by atoms with Gasteiger partial charge in [-0.1, -0.05) is 6.58 Å². The Morgan fingerprint density at radius 2 is 0.512 bits per heavy atom. The van der Waals surface area contributed by atoms with E-state index in [0.29, 0.717) is 145 Å². The van der Waals surface area contributed by atoms with Gasteiger partial charge in [-0.2, -0.15) is 0 Å². The number of aliphatic hydroxyl groups is 2. The van der Waals surface area contributed by atoms with E-state index in [9.17, 15) is 4.79 Å². The van der Waals surface area contributed by atoms with E-state index in [-0.39, 0.29) is 18.8 Å². The van der Waals surface area contributed by atoms with E-state index >= 15 is 0 Å². The van der Waals surface area contributed by atoms with E-state index < -0.39 is 5.97 Å². The van der Waals surface area contributed by atoms with Gasteiger partial charge in [0.2, 0.25) is 0 Å². The Bertz CT molecular complexity index is 508. The summed E-state index contributed by atoms with van der Waals surface area (Å²) in [7, 11) is 0. The number of ether oxygens (including phenoxy) is 11. The van der Waals surface area contributed by atoms with Gasteiger partial charge in [0.15, 0.2) is 0 Å². The Hall–Kier alpha value is -1.31. The molecule has 0 radical (unpaired) electrons. The second-order valence-electron chi connectivity index (χ2n) is 8.27. The summed E-state index contributed by atoms with van der Waals surface area (Å²) in [5.74, 6) is -0.935. The molecule has 0 fully saturated rings. The Morgan fingerprint density at radius 1 is 0.395 bits per heavy atom.